The summed E-state index contributed by atoms with van der Waals surface area (Å²) in [6, 6.07) is 0. The summed E-state index contributed by atoms with van der Waals surface area (Å²) >= 11 is 7.17. The van der Waals surface area contributed by atoms with Crippen LogP contribution in [0.2, 0.25) is 0 Å². The average Bonchev–Trinajstić information content (AvgIpc) is 2.37. The van der Waals surface area contributed by atoms with Crippen LogP contribution >= 0.6 is 24.0 Å². The third-order valence-electron chi connectivity index (χ3n) is 3.39. The highest BCUT2D eigenvalue weighted by atomic mass is 32.2. The molecular formula is C17H35NS2. The molecule has 0 amide bonds. The van der Waals surface area contributed by atoms with E-state index < -0.39 is 0 Å². The topological polar surface area (TPSA) is 12.0 Å². The number of nitrogens with one attached hydrogen (secondary N) is 1. The van der Waals surface area contributed by atoms with Gasteiger partial charge in [-0.2, -0.15) is 0 Å². The summed E-state index contributed by atoms with van der Waals surface area (Å²) in [4.78, 5) is 0. The van der Waals surface area contributed by atoms with Crippen molar-refractivity contribution in [3.63, 3.8) is 0 Å². The van der Waals surface area contributed by atoms with Crippen LogP contribution in [0.15, 0.2) is 0 Å². The summed E-state index contributed by atoms with van der Waals surface area (Å²) in [6.45, 7) is 10.2. The van der Waals surface area contributed by atoms with Crippen LogP contribution in [0.4, 0.5) is 0 Å². The second-order valence-corrected chi connectivity index (χ2v) is 8.32. The van der Waals surface area contributed by atoms with Crippen molar-refractivity contribution in [1.82, 2.24) is 5.32 Å². The van der Waals surface area contributed by atoms with Gasteiger partial charge in [0.15, 0.2) is 0 Å². The van der Waals surface area contributed by atoms with Crippen molar-refractivity contribution in [2.24, 2.45) is 11.8 Å². The van der Waals surface area contributed by atoms with Gasteiger partial charge >= 0.3 is 0 Å². The molecule has 0 spiro atoms. The average molecular weight is 318 g/mol. The van der Waals surface area contributed by atoms with Crippen molar-refractivity contribution in [3.8, 4) is 0 Å². The van der Waals surface area contributed by atoms with Gasteiger partial charge in [-0.15, -0.1) is 0 Å². The van der Waals surface area contributed by atoms with E-state index in [2.05, 4.69) is 33.0 Å². The van der Waals surface area contributed by atoms with Gasteiger partial charge in [0, 0.05) is 12.3 Å². The summed E-state index contributed by atoms with van der Waals surface area (Å²) in [6.07, 6.45) is 10.7. The Kier molecular flexibility index (Phi) is 14.4. The molecule has 0 aliphatic carbocycles. The first-order chi connectivity index (χ1) is 9.52. The lowest BCUT2D eigenvalue weighted by Crippen LogP contribution is -2.19. The molecule has 120 valence electrons. The fourth-order valence-corrected chi connectivity index (χ4v) is 3.18. The third kappa shape index (κ3) is 16.3. The Hall–Kier alpha value is 0.240. The summed E-state index contributed by atoms with van der Waals surface area (Å²) < 4.78 is 0.998. The quantitative estimate of drug-likeness (QED) is 0.349. The molecule has 1 nitrogen and oxygen atoms in total. The molecule has 0 saturated carbocycles. The van der Waals surface area contributed by atoms with Gasteiger partial charge in [0.2, 0.25) is 0 Å². The minimum absolute atomic E-state index is 0.843. The Balaban J connectivity index is 3.21. The number of hydrogen-bond donors (Lipinski definition) is 1. The standard InChI is InChI=1S/C17H35NS2/c1-15(2)11-7-5-9-13-18-17(19)20-14-10-6-8-12-16(3)4/h15-16H,5-14H2,1-4H3,(H,18,19). The Morgan fingerprint density at radius 3 is 1.95 bits per heavy atom. The Bertz CT molecular complexity index is 205. The molecule has 0 bridgehead atoms. The van der Waals surface area contributed by atoms with E-state index in [0.29, 0.717) is 0 Å². The van der Waals surface area contributed by atoms with Crippen LogP contribution in [-0.4, -0.2) is 16.6 Å². The number of thioether (sulfide) groups is 1. The predicted octanol–water partition coefficient (Wildman–Crippen LogP) is 6.03. The molecule has 0 aliphatic heterocycles. The van der Waals surface area contributed by atoms with E-state index in [4.69, 9.17) is 12.2 Å². The van der Waals surface area contributed by atoms with Gasteiger partial charge in [-0.05, 0) is 24.7 Å². The highest BCUT2D eigenvalue weighted by Crippen LogP contribution is 2.12. The zero-order valence-electron chi connectivity index (χ0n) is 14.0. The van der Waals surface area contributed by atoms with E-state index in [1.165, 1.54) is 57.1 Å². The van der Waals surface area contributed by atoms with Crippen molar-refractivity contribution >= 4 is 28.3 Å². The van der Waals surface area contributed by atoms with Gasteiger partial charge in [-0.25, -0.2) is 0 Å². The summed E-state index contributed by atoms with van der Waals surface area (Å²) in [5, 5.41) is 3.37. The van der Waals surface area contributed by atoms with Crippen LogP contribution in [-0.2, 0) is 0 Å². The molecule has 0 radical (unpaired) electrons. The minimum Gasteiger partial charge on any atom is -0.371 e. The number of hydrogen-bond acceptors (Lipinski definition) is 2. The van der Waals surface area contributed by atoms with Crippen LogP contribution in [0.25, 0.3) is 0 Å². The molecule has 0 aromatic carbocycles. The molecule has 0 unspecified atom stereocenters. The molecule has 0 aromatic rings. The van der Waals surface area contributed by atoms with E-state index in [1.807, 2.05) is 11.8 Å². The van der Waals surface area contributed by atoms with E-state index >= 15 is 0 Å². The van der Waals surface area contributed by atoms with Gasteiger partial charge in [0.25, 0.3) is 0 Å². The molecule has 0 aliphatic rings. The highest BCUT2D eigenvalue weighted by Gasteiger charge is 1.99. The monoisotopic (exact) mass is 317 g/mol. The molecule has 0 saturated heterocycles. The smallest absolute Gasteiger partial charge is 0.133 e. The maximum absolute atomic E-state index is 5.34. The number of rotatable bonds is 12. The van der Waals surface area contributed by atoms with E-state index in [-0.39, 0.29) is 0 Å². The molecule has 0 aromatic heterocycles. The molecule has 20 heavy (non-hydrogen) atoms. The van der Waals surface area contributed by atoms with Gasteiger partial charge in [-0.3, -0.25) is 0 Å². The summed E-state index contributed by atoms with van der Waals surface area (Å²) in [7, 11) is 0. The molecule has 0 rings (SSSR count). The van der Waals surface area contributed by atoms with Crippen LogP contribution in [0.3, 0.4) is 0 Å². The van der Waals surface area contributed by atoms with Crippen molar-refractivity contribution < 1.29 is 0 Å². The largest absolute Gasteiger partial charge is 0.371 e. The lowest BCUT2D eigenvalue weighted by molar-refractivity contribution is 0.526. The summed E-state index contributed by atoms with van der Waals surface area (Å²) in [5.74, 6) is 2.87. The molecule has 0 atom stereocenters. The normalized spacial score (nSPS) is 11.3. The van der Waals surface area contributed by atoms with Crippen molar-refractivity contribution in [1.29, 1.82) is 0 Å². The second kappa shape index (κ2) is 14.2. The lowest BCUT2D eigenvalue weighted by Gasteiger charge is -2.08. The van der Waals surface area contributed by atoms with Crippen LogP contribution < -0.4 is 5.32 Å². The zero-order chi connectivity index (χ0) is 15.2. The summed E-state index contributed by atoms with van der Waals surface area (Å²) in [5.41, 5.74) is 0. The fourth-order valence-electron chi connectivity index (χ4n) is 2.09. The van der Waals surface area contributed by atoms with E-state index in [1.54, 1.807) is 0 Å². The Morgan fingerprint density at radius 1 is 0.850 bits per heavy atom. The first-order valence-corrected chi connectivity index (χ1v) is 9.82. The van der Waals surface area contributed by atoms with E-state index in [0.717, 1.165) is 22.7 Å². The Morgan fingerprint density at radius 2 is 1.40 bits per heavy atom. The SMILES string of the molecule is CC(C)CCCCCNC(=S)SCCCCCC(C)C. The molecule has 3 heteroatoms. The molecule has 0 fully saturated rings. The maximum atomic E-state index is 5.34. The van der Waals surface area contributed by atoms with Gasteiger partial charge in [0.05, 0.1) is 0 Å². The number of thiocarbonyl (C=S) groups is 1. The molecule has 1 N–H and O–H groups in total. The maximum Gasteiger partial charge on any atom is 0.133 e. The van der Waals surface area contributed by atoms with Gasteiger partial charge in [-0.1, -0.05) is 90.2 Å². The second-order valence-electron chi connectivity index (χ2n) is 6.55. The lowest BCUT2D eigenvalue weighted by atomic mass is 10.1. The first-order valence-electron chi connectivity index (χ1n) is 8.43. The zero-order valence-corrected chi connectivity index (χ0v) is 15.7. The van der Waals surface area contributed by atoms with Crippen molar-refractivity contribution in [2.45, 2.75) is 79.1 Å². The first kappa shape index (κ1) is 20.2. The van der Waals surface area contributed by atoms with Gasteiger partial charge < -0.3 is 5.32 Å². The molecular weight excluding hydrogens is 282 g/mol. The minimum atomic E-state index is 0.843. The third-order valence-corrected chi connectivity index (χ3v) is 4.78. The van der Waals surface area contributed by atoms with E-state index in [9.17, 15) is 0 Å². The van der Waals surface area contributed by atoms with Crippen LogP contribution in [0.5, 0.6) is 0 Å². The predicted molar refractivity (Wildman–Crippen MR) is 99.7 cm³/mol. The fraction of sp³-hybridized carbons (Fsp3) is 0.941. The van der Waals surface area contributed by atoms with Crippen LogP contribution in [0, 0.1) is 11.8 Å². The van der Waals surface area contributed by atoms with Crippen LogP contribution in [0.1, 0.15) is 79.1 Å². The van der Waals surface area contributed by atoms with Gasteiger partial charge in [0.1, 0.15) is 4.32 Å². The highest BCUT2D eigenvalue weighted by molar-refractivity contribution is 8.22. The number of unbranched alkanes of at least 4 members (excludes halogenated alkanes) is 4. The van der Waals surface area contributed by atoms with Crippen molar-refractivity contribution in [2.75, 3.05) is 12.3 Å². The Labute approximate surface area is 137 Å². The van der Waals surface area contributed by atoms with Crippen molar-refractivity contribution in [3.05, 3.63) is 0 Å². The molecule has 0 heterocycles.